The standard InChI is InChI=1S/C20H15F3N2O4S/c21-20(22,23)29-16-7-9-18(10-8-16)30(26,27)25-12-1-2-13-28-17-6-5-15-4-3-11-24-19(15)14-17/h3-11,14,25H,12-13H2. The molecule has 0 amide bonds. The van der Waals surface area contributed by atoms with E-state index in [1.165, 1.54) is 0 Å². The van der Waals surface area contributed by atoms with Crippen molar-refractivity contribution in [3.05, 3.63) is 60.8 Å². The molecule has 6 nitrogen and oxygen atoms in total. The topological polar surface area (TPSA) is 77.5 Å². The van der Waals surface area contributed by atoms with E-state index in [4.69, 9.17) is 4.74 Å². The van der Waals surface area contributed by atoms with Gasteiger partial charge in [0.15, 0.2) is 0 Å². The van der Waals surface area contributed by atoms with Crippen molar-refractivity contribution in [1.82, 2.24) is 9.71 Å². The molecule has 10 heteroatoms. The molecular weight excluding hydrogens is 421 g/mol. The van der Waals surface area contributed by atoms with Gasteiger partial charge >= 0.3 is 6.36 Å². The maximum Gasteiger partial charge on any atom is 0.573 e. The molecule has 0 radical (unpaired) electrons. The lowest BCUT2D eigenvalue weighted by Crippen LogP contribution is -2.24. The van der Waals surface area contributed by atoms with Gasteiger partial charge in [0.2, 0.25) is 10.0 Å². The summed E-state index contributed by atoms with van der Waals surface area (Å²) in [5, 5.41) is 0.975. The number of halogens is 3. The van der Waals surface area contributed by atoms with E-state index in [9.17, 15) is 21.6 Å². The molecule has 30 heavy (non-hydrogen) atoms. The van der Waals surface area contributed by atoms with Gasteiger partial charge in [-0.05, 0) is 42.5 Å². The maximum absolute atomic E-state index is 12.1. The Morgan fingerprint density at radius 2 is 1.73 bits per heavy atom. The molecule has 0 saturated carbocycles. The number of fused-ring (bicyclic) bond motifs is 1. The molecule has 2 aromatic carbocycles. The minimum Gasteiger partial charge on any atom is -0.481 e. The normalized spacial score (nSPS) is 11.6. The van der Waals surface area contributed by atoms with Crippen molar-refractivity contribution < 1.29 is 31.1 Å². The molecule has 156 valence electrons. The van der Waals surface area contributed by atoms with Crippen molar-refractivity contribution in [2.24, 2.45) is 0 Å². The van der Waals surface area contributed by atoms with E-state index in [0.29, 0.717) is 5.75 Å². The zero-order valence-electron chi connectivity index (χ0n) is 15.3. The molecule has 3 rings (SSSR count). The minimum atomic E-state index is -4.85. The van der Waals surface area contributed by atoms with E-state index in [0.717, 1.165) is 35.2 Å². The fraction of sp³-hybridized carbons (Fsp3) is 0.150. The second-order valence-electron chi connectivity index (χ2n) is 5.84. The molecule has 0 spiro atoms. The van der Waals surface area contributed by atoms with Crippen molar-refractivity contribution in [3.8, 4) is 23.3 Å². The van der Waals surface area contributed by atoms with Crippen molar-refractivity contribution >= 4 is 20.9 Å². The summed E-state index contributed by atoms with van der Waals surface area (Å²) in [5.74, 6) is 5.35. The van der Waals surface area contributed by atoms with Crippen molar-refractivity contribution in [2.75, 3.05) is 13.2 Å². The smallest absolute Gasteiger partial charge is 0.481 e. The molecule has 0 aliphatic carbocycles. The number of benzene rings is 2. The highest BCUT2D eigenvalue weighted by Gasteiger charge is 2.31. The summed E-state index contributed by atoms with van der Waals surface area (Å²) in [6.07, 6.45) is -3.17. The van der Waals surface area contributed by atoms with E-state index >= 15 is 0 Å². The number of nitrogens with one attached hydrogen (secondary N) is 1. The van der Waals surface area contributed by atoms with E-state index in [2.05, 4.69) is 26.3 Å². The lowest BCUT2D eigenvalue weighted by atomic mass is 10.2. The van der Waals surface area contributed by atoms with Gasteiger partial charge in [-0.25, -0.2) is 8.42 Å². The zero-order chi connectivity index (χ0) is 21.6. The van der Waals surface area contributed by atoms with Crippen LogP contribution in [0.2, 0.25) is 0 Å². The molecule has 1 aromatic heterocycles. The number of sulfonamides is 1. The molecule has 0 atom stereocenters. The quantitative estimate of drug-likeness (QED) is 0.599. The SMILES string of the molecule is O=S(=O)(NCC#CCOc1ccc2cccnc2c1)c1ccc(OC(F)(F)F)cc1. The molecule has 0 saturated heterocycles. The van der Waals surface area contributed by atoms with Gasteiger partial charge in [-0.3, -0.25) is 4.98 Å². The third-order valence-electron chi connectivity index (χ3n) is 3.73. The zero-order valence-corrected chi connectivity index (χ0v) is 16.1. The first kappa shape index (κ1) is 21.4. The highest BCUT2D eigenvalue weighted by atomic mass is 32.2. The number of alkyl halides is 3. The van der Waals surface area contributed by atoms with Crippen LogP contribution in [-0.2, 0) is 10.0 Å². The number of pyridine rings is 1. The van der Waals surface area contributed by atoms with Gasteiger partial charge in [-0.2, -0.15) is 4.72 Å². The predicted octanol–water partition coefficient (Wildman–Crippen LogP) is 3.49. The molecule has 0 bridgehead atoms. The summed E-state index contributed by atoms with van der Waals surface area (Å²) in [6, 6.07) is 13.0. The highest BCUT2D eigenvalue weighted by molar-refractivity contribution is 7.89. The molecule has 0 aliphatic rings. The molecule has 3 aromatic rings. The van der Waals surface area contributed by atoms with E-state index in [-0.39, 0.29) is 18.0 Å². The number of rotatable bonds is 6. The van der Waals surface area contributed by atoms with Crippen LogP contribution < -0.4 is 14.2 Å². The van der Waals surface area contributed by atoms with Gasteiger partial charge in [0.05, 0.1) is 17.0 Å². The summed E-state index contributed by atoms with van der Waals surface area (Å²) in [5.41, 5.74) is 0.780. The van der Waals surface area contributed by atoms with Crippen LogP contribution in [0.1, 0.15) is 0 Å². The molecule has 0 fully saturated rings. The second-order valence-corrected chi connectivity index (χ2v) is 7.61. The fourth-order valence-electron chi connectivity index (χ4n) is 2.40. The van der Waals surface area contributed by atoms with E-state index < -0.39 is 22.1 Å². The van der Waals surface area contributed by atoms with Crippen molar-refractivity contribution in [1.29, 1.82) is 0 Å². The second kappa shape index (κ2) is 9.02. The number of hydrogen-bond donors (Lipinski definition) is 1. The Morgan fingerprint density at radius 1 is 1.00 bits per heavy atom. The average molecular weight is 436 g/mol. The molecule has 0 unspecified atom stereocenters. The molecule has 0 aliphatic heterocycles. The van der Waals surface area contributed by atoms with E-state index in [1.54, 1.807) is 18.3 Å². The van der Waals surface area contributed by atoms with Crippen LogP contribution in [0.3, 0.4) is 0 Å². The van der Waals surface area contributed by atoms with Gasteiger partial charge in [0.1, 0.15) is 18.1 Å². The minimum absolute atomic E-state index is 0.0452. The van der Waals surface area contributed by atoms with Gasteiger partial charge in [0, 0.05) is 17.6 Å². The average Bonchev–Trinajstić information content (AvgIpc) is 2.69. The van der Waals surface area contributed by atoms with Gasteiger partial charge in [-0.15, -0.1) is 13.2 Å². The maximum atomic E-state index is 12.1. The van der Waals surface area contributed by atoms with E-state index in [1.807, 2.05) is 18.2 Å². The number of ether oxygens (including phenoxy) is 2. The first-order chi connectivity index (χ1) is 14.2. The third-order valence-corrected chi connectivity index (χ3v) is 5.15. The summed E-state index contributed by atoms with van der Waals surface area (Å²) in [7, 11) is -3.92. The van der Waals surface area contributed by atoms with Gasteiger partial charge in [0.25, 0.3) is 0 Å². The Bertz CT molecular complexity index is 1180. The van der Waals surface area contributed by atoms with Crippen LogP contribution in [0.25, 0.3) is 10.9 Å². The summed E-state index contributed by atoms with van der Waals surface area (Å²) < 4.78 is 72.1. The fourth-order valence-corrected chi connectivity index (χ4v) is 3.33. The third kappa shape index (κ3) is 6.10. The lowest BCUT2D eigenvalue weighted by molar-refractivity contribution is -0.274. The Morgan fingerprint density at radius 3 is 2.47 bits per heavy atom. The molecule has 1 heterocycles. The summed E-state index contributed by atoms with van der Waals surface area (Å²) in [6.45, 7) is -0.144. The monoisotopic (exact) mass is 436 g/mol. The Labute approximate surface area is 170 Å². The predicted molar refractivity (Wildman–Crippen MR) is 103 cm³/mol. The molecular formula is C20H15F3N2O4S. The number of aromatic nitrogens is 1. The Kier molecular flexibility index (Phi) is 6.44. The Balaban J connectivity index is 1.50. The number of hydrogen-bond acceptors (Lipinski definition) is 5. The van der Waals surface area contributed by atoms with Crippen LogP contribution in [0.15, 0.2) is 65.7 Å². The van der Waals surface area contributed by atoms with Crippen LogP contribution in [0.5, 0.6) is 11.5 Å². The van der Waals surface area contributed by atoms with Crippen LogP contribution in [-0.4, -0.2) is 32.9 Å². The Hall–Kier alpha value is -3.29. The lowest BCUT2D eigenvalue weighted by Gasteiger charge is -2.09. The van der Waals surface area contributed by atoms with Crippen LogP contribution in [0.4, 0.5) is 13.2 Å². The van der Waals surface area contributed by atoms with Crippen molar-refractivity contribution in [2.45, 2.75) is 11.3 Å². The largest absolute Gasteiger partial charge is 0.573 e. The number of nitrogens with zero attached hydrogens (tertiary/aromatic N) is 1. The van der Waals surface area contributed by atoms with Gasteiger partial charge in [-0.1, -0.05) is 17.9 Å². The summed E-state index contributed by atoms with van der Waals surface area (Å²) >= 11 is 0. The molecule has 1 N–H and O–H groups in total. The van der Waals surface area contributed by atoms with Gasteiger partial charge < -0.3 is 9.47 Å². The highest BCUT2D eigenvalue weighted by Crippen LogP contribution is 2.23. The first-order valence-corrected chi connectivity index (χ1v) is 10.00. The first-order valence-electron chi connectivity index (χ1n) is 8.52. The van der Waals surface area contributed by atoms with Crippen LogP contribution in [0, 0.1) is 11.8 Å². The van der Waals surface area contributed by atoms with Crippen LogP contribution >= 0.6 is 0 Å². The van der Waals surface area contributed by atoms with Crippen molar-refractivity contribution in [3.63, 3.8) is 0 Å². The summed E-state index contributed by atoms with van der Waals surface area (Å²) in [4.78, 5) is 4.01.